The van der Waals surface area contributed by atoms with Crippen molar-refractivity contribution in [1.29, 1.82) is 0 Å². The summed E-state index contributed by atoms with van der Waals surface area (Å²) in [6.07, 6.45) is 1.16. The smallest absolute Gasteiger partial charge is 0.224 e. The summed E-state index contributed by atoms with van der Waals surface area (Å²) < 4.78 is 5.60. The molecule has 1 atom stereocenters. The highest BCUT2D eigenvalue weighted by atomic mass is 16.5. The number of carbonyl (C=O) groups excluding carboxylic acids is 1. The van der Waals surface area contributed by atoms with Gasteiger partial charge < -0.3 is 15.8 Å². The lowest BCUT2D eigenvalue weighted by molar-refractivity contribution is -0.121. The van der Waals surface area contributed by atoms with Crippen LogP contribution >= 0.6 is 0 Å². The third-order valence-electron chi connectivity index (χ3n) is 3.64. The summed E-state index contributed by atoms with van der Waals surface area (Å²) in [5.74, 6) is 0.878. The Hall–Kier alpha value is -2.49. The van der Waals surface area contributed by atoms with Crippen LogP contribution in [-0.2, 0) is 11.2 Å². The van der Waals surface area contributed by atoms with Crippen molar-refractivity contribution in [1.82, 2.24) is 5.32 Å². The third kappa shape index (κ3) is 3.16. The molecule has 1 unspecified atom stereocenters. The Labute approximate surface area is 123 Å². The highest BCUT2D eigenvalue weighted by Crippen LogP contribution is 2.31. The van der Waals surface area contributed by atoms with Gasteiger partial charge in [0.15, 0.2) is 0 Å². The van der Waals surface area contributed by atoms with E-state index < -0.39 is 0 Å². The van der Waals surface area contributed by atoms with Gasteiger partial charge in [-0.3, -0.25) is 4.79 Å². The minimum Gasteiger partial charge on any atom is -0.493 e. The quantitative estimate of drug-likeness (QED) is 0.850. The van der Waals surface area contributed by atoms with Crippen LogP contribution in [0.4, 0.5) is 5.69 Å². The summed E-state index contributed by atoms with van der Waals surface area (Å²) in [6, 6.07) is 15.3. The first-order chi connectivity index (χ1) is 10.2. The monoisotopic (exact) mass is 282 g/mol. The van der Waals surface area contributed by atoms with Crippen molar-refractivity contribution in [2.24, 2.45) is 0 Å². The van der Waals surface area contributed by atoms with Crippen LogP contribution in [0.5, 0.6) is 5.75 Å². The molecule has 0 spiro atoms. The van der Waals surface area contributed by atoms with E-state index in [9.17, 15) is 4.79 Å². The molecular formula is C17H18N2O2. The molecule has 1 heterocycles. The molecule has 4 nitrogen and oxygen atoms in total. The lowest BCUT2D eigenvalue weighted by atomic mass is 10.00. The van der Waals surface area contributed by atoms with E-state index in [0.717, 1.165) is 23.3 Å². The van der Waals surface area contributed by atoms with Crippen LogP contribution in [0, 0.1) is 0 Å². The molecule has 3 N–H and O–H groups in total. The standard InChI is InChI=1S/C17H18N2O2/c18-13-7-5-12(6-8-13)11-17(20)19-15-9-10-21-16-4-2-1-3-14(15)16/h1-8,15H,9-11,18H2,(H,19,20). The maximum atomic E-state index is 12.2. The van der Waals surface area contributed by atoms with Crippen molar-refractivity contribution in [3.05, 3.63) is 59.7 Å². The molecule has 4 heteroatoms. The Balaban J connectivity index is 1.67. The predicted octanol–water partition coefficient (Wildman–Crippen LogP) is 2.45. The highest BCUT2D eigenvalue weighted by Gasteiger charge is 2.22. The minimum atomic E-state index is 0.0153. The highest BCUT2D eigenvalue weighted by molar-refractivity contribution is 5.79. The summed E-state index contributed by atoms with van der Waals surface area (Å²) in [4.78, 5) is 12.2. The van der Waals surface area contributed by atoms with Gasteiger partial charge in [0, 0.05) is 17.7 Å². The second-order valence-corrected chi connectivity index (χ2v) is 5.21. The number of nitrogens with two attached hydrogens (primary N) is 1. The van der Waals surface area contributed by atoms with Gasteiger partial charge in [-0.1, -0.05) is 30.3 Å². The molecule has 0 radical (unpaired) electrons. The molecule has 1 aliphatic rings. The first-order valence-corrected chi connectivity index (χ1v) is 7.08. The van der Waals surface area contributed by atoms with Gasteiger partial charge in [-0.25, -0.2) is 0 Å². The van der Waals surface area contributed by atoms with Crippen LogP contribution in [0.15, 0.2) is 48.5 Å². The van der Waals surface area contributed by atoms with E-state index in [0.29, 0.717) is 18.7 Å². The summed E-state index contributed by atoms with van der Waals surface area (Å²) in [5.41, 5.74) is 8.36. The van der Waals surface area contributed by atoms with Crippen LogP contribution in [0.25, 0.3) is 0 Å². The van der Waals surface area contributed by atoms with E-state index >= 15 is 0 Å². The van der Waals surface area contributed by atoms with Gasteiger partial charge in [0.1, 0.15) is 5.75 Å². The molecule has 0 saturated heterocycles. The number of para-hydroxylation sites is 1. The number of amides is 1. The average molecular weight is 282 g/mol. The van der Waals surface area contributed by atoms with Gasteiger partial charge in [0.05, 0.1) is 19.1 Å². The van der Waals surface area contributed by atoms with Gasteiger partial charge in [0.25, 0.3) is 0 Å². The number of carbonyl (C=O) groups is 1. The van der Waals surface area contributed by atoms with Gasteiger partial charge >= 0.3 is 0 Å². The summed E-state index contributed by atoms with van der Waals surface area (Å²) in [6.45, 7) is 0.629. The summed E-state index contributed by atoms with van der Waals surface area (Å²) >= 11 is 0. The molecule has 2 aromatic rings. The Bertz CT molecular complexity index is 637. The fourth-order valence-corrected chi connectivity index (χ4v) is 2.56. The molecule has 3 rings (SSSR count). The summed E-state index contributed by atoms with van der Waals surface area (Å²) in [5, 5.41) is 3.09. The number of fused-ring (bicyclic) bond motifs is 1. The van der Waals surface area contributed by atoms with Crippen molar-refractivity contribution in [3.8, 4) is 5.75 Å². The topological polar surface area (TPSA) is 64.4 Å². The number of ether oxygens (including phenoxy) is 1. The van der Waals surface area contributed by atoms with E-state index in [4.69, 9.17) is 10.5 Å². The molecule has 0 aromatic heterocycles. The van der Waals surface area contributed by atoms with Crippen LogP contribution in [-0.4, -0.2) is 12.5 Å². The average Bonchev–Trinajstić information content (AvgIpc) is 2.50. The van der Waals surface area contributed by atoms with Crippen molar-refractivity contribution in [3.63, 3.8) is 0 Å². The largest absolute Gasteiger partial charge is 0.493 e. The van der Waals surface area contributed by atoms with Crippen molar-refractivity contribution < 1.29 is 9.53 Å². The fourth-order valence-electron chi connectivity index (χ4n) is 2.56. The van der Waals surface area contributed by atoms with E-state index in [2.05, 4.69) is 5.32 Å². The number of anilines is 1. The fraction of sp³-hybridized carbons (Fsp3) is 0.235. The Morgan fingerprint density at radius 2 is 1.95 bits per heavy atom. The summed E-state index contributed by atoms with van der Waals surface area (Å²) in [7, 11) is 0. The number of hydrogen-bond donors (Lipinski definition) is 2. The van der Waals surface area contributed by atoms with Crippen LogP contribution in [0.1, 0.15) is 23.6 Å². The van der Waals surface area contributed by atoms with E-state index in [-0.39, 0.29) is 11.9 Å². The predicted molar refractivity (Wildman–Crippen MR) is 82.0 cm³/mol. The van der Waals surface area contributed by atoms with Crippen LogP contribution in [0.2, 0.25) is 0 Å². The zero-order valence-electron chi connectivity index (χ0n) is 11.7. The molecule has 1 aliphatic heterocycles. The lowest BCUT2D eigenvalue weighted by Gasteiger charge is -2.26. The van der Waals surface area contributed by atoms with Gasteiger partial charge in [-0.15, -0.1) is 0 Å². The molecule has 0 aliphatic carbocycles. The van der Waals surface area contributed by atoms with E-state index in [1.807, 2.05) is 48.5 Å². The molecule has 1 amide bonds. The molecule has 21 heavy (non-hydrogen) atoms. The van der Waals surface area contributed by atoms with Crippen molar-refractivity contribution >= 4 is 11.6 Å². The van der Waals surface area contributed by atoms with E-state index in [1.54, 1.807) is 0 Å². The van der Waals surface area contributed by atoms with Gasteiger partial charge in [-0.05, 0) is 23.8 Å². The third-order valence-corrected chi connectivity index (χ3v) is 3.64. The molecular weight excluding hydrogens is 264 g/mol. The van der Waals surface area contributed by atoms with E-state index in [1.165, 1.54) is 0 Å². The maximum absolute atomic E-state index is 12.2. The number of nitrogen functional groups attached to an aromatic ring is 1. The maximum Gasteiger partial charge on any atom is 0.224 e. The SMILES string of the molecule is Nc1ccc(CC(=O)NC2CCOc3ccccc32)cc1. The molecule has 108 valence electrons. The Morgan fingerprint density at radius 1 is 1.19 bits per heavy atom. The van der Waals surface area contributed by atoms with Crippen LogP contribution < -0.4 is 15.8 Å². The molecule has 0 saturated carbocycles. The number of benzene rings is 2. The zero-order chi connectivity index (χ0) is 14.7. The zero-order valence-corrected chi connectivity index (χ0v) is 11.7. The van der Waals surface area contributed by atoms with Crippen LogP contribution in [0.3, 0.4) is 0 Å². The molecule has 0 bridgehead atoms. The second kappa shape index (κ2) is 5.87. The number of nitrogens with one attached hydrogen (secondary N) is 1. The second-order valence-electron chi connectivity index (χ2n) is 5.21. The van der Waals surface area contributed by atoms with Crippen molar-refractivity contribution in [2.45, 2.75) is 18.9 Å². The Morgan fingerprint density at radius 3 is 2.76 bits per heavy atom. The van der Waals surface area contributed by atoms with Gasteiger partial charge in [0.2, 0.25) is 5.91 Å². The van der Waals surface area contributed by atoms with Crippen molar-refractivity contribution in [2.75, 3.05) is 12.3 Å². The lowest BCUT2D eigenvalue weighted by Crippen LogP contribution is -2.33. The Kier molecular flexibility index (Phi) is 3.77. The number of hydrogen-bond acceptors (Lipinski definition) is 3. The minimum absolute atomic E-state index is 0.0153. The number of rotatable bonds is 3. The first-order valence-electron chi connectivity index (χ1n) is 7.08. The van der Waals surface area contributed by atoms with Gasteiger partial charge in [-0.2, -0.15) is 0 Å². The first kappa shape index (κ1) is 13.5. The normalized spacial score (nSPS) is 16.7. The molecule has 2 aromatic carbocycles. The molecule has 0 fully saturated rings.